The second-order valence-corrected chi connectivity index (χ2v) is 8.14. The predicted octanol–water partition coefficient (Wildman–Crippen LogP) is 2.64. The van der Waals surface area contributed by atoms with Gasteiger partial charge in [0.2, 0.25) is 5.91 Å². The number of nitrogens with zero attached hydrogens (tertiary/aromatic N) is 2. The zero-order chi connectivity index (χ0) is 21.1. The molecule has 2 amide bonds. The van der Waals surface area contributed by atoms with Gasteiger partial charge in [0.15, 0.2) is 0 Å². The molecule has 2 saturated heterocycles. The lowest BCUT2D eigenvalue weighted by Gasteiger charge is -2.43. The van der Waals surface area contributed by atoms with Crippen LogP contribution in [0.5, 0.6) is 0 Å². The molecule has 0 unspecified atom stereocenters. The van der Waals surface area contributed by atoms with E-state index in [1.807, 2.05) is 24.3 Å². The minimum absolute atomic E-state index is 0.0618. The first kappa shape index (κ1) is 20.6. The molecule has 0 saturated carbocycles. The van der Waals surface area contributed by atoms with E-state index in [4.69, 9.17) is 11.6 Å². The number of piperidine rings is 1. The van der Waals surface area contributed by atoms with Gasteiger partial charge in [-0.1, -0.05) is 17.7 Å². The Balaban J connectivity index is 1.32. The third-order valence-electron chi connectivity index (χ3n) is 5.96. The standard InChI is InChI=1S/C22H24ClFN4O2/c23-17-2-1-3-19(14-17)28-15-26-21(30)22(28)8-11-27(12-9-22)13-10-25-20(29)16-4-6-18(24)7-5-16/h1-7,14H,8-13,15H2,(H,25,29)(H,26,30). The maximum absolute atomic E-state index is 13.0. The predicted molar refractivity (Wildman–Crippen MR) is 114 cm³/mol. The average molecular weight is 431 g/mol. The number of amides is 2. The molecule has 2 fully saturated rings. The smallest absolute Gasteiger partial charge is 0.251 e. The largest absolute Gasteiger partial charge is 0.351 e. The Labute approximate surface area is 180 Å². The third kappa shape index (κ3) is 4.13. The zero-order valence-electron chi connectivity index (χ0n) is 16.5. The van der Waals surface area contributed by atoms with Gasteiger partial charge in [0.05, 0.1) is 6.67 Å². The number of anilines is 1. The van der Waals surface area contributed by atoms with Gasteiger partial charge >= 0.3 is 0 Å². The normalized spacial score (nSPS) is 18.5. The number of hydrogen-bond donors (Lipinski definition) is 2. The van der Waals surface area contributed by atoms with Gasteiger partial charge in [-0.25, -0.2) is 4.39 Å². The number of hydrogen-bond acceptors (Lipinski definition) is 4. The molecule has 0 radical (unpaired) electrons. The number of nitrogens with one attached hydrogen (secondary N) is 2. The van der Waals surface area contributed by atoms with Crippen molar-refractivity contribution in [2.24, 2.45) is 0 Å². The molecule has 2 aliphatic rings. The molecule has 8 heteroatoms. The number of halogens is 2. The fourth-order valence-corrected chi connectivity index (χ4v) is 4.43. The molecule has 0 aliphatic carbocycles. The molecule has 2 aromatic carbocycles. The lowest BCUT2D eigenvalue weighted by molar-refractivity contribution is -0.125. The Morgan fingerprint density at radius 1 is 1.17 bits per heavy atom. The Morgan fingerprint density at radius 3 is 2.60 bits per heavy atom. The third-order valence-corrected chi connectivity index (χ3v) is 6.20. The molecular formula is C22H24ClFN4O2. The number of carbonyl (C=O) groups is 2. The molecule has 0 aromatic heterocycles. The van der Waals surface area contributed by atoms with Crippen LogP contribution in [0.25, 0.3) is 0 Å². The Kier molecular flexibility index (Phi) is 5.92. The number of rotatable bonds is 5. The summed E-state index contributed by atoms with van der Waals surface area (Å²) in [5.74, 6) is -0.519. The van der Waals surface area contributed by atoms with Gasteiger partial charge in [0.25, 0.3) is 5.91 Å². The highest BCUT2D eigenvalue weighted by Crippen LogP contribution is 2.36. The zero-order valence-corrected chi connectivity index (χ0v) is 17.3. The van der Waals surface area contributed by atoms with Gasteiger partial charge in [-0.15, -0.1) is 0 Å². The van der Waals surface area contributed by atoms with Gasteiger partial charge < -0.3 is 20.4 Å². The first-order chi connectivity index (χ1) is 14.5. The first-order valence-corrected chi connectivity index (χ1v) is 10.4. The van der Waals surface area contributed by atoms with Crippen LogP contribution in [0.2, 0.25) is 5.02 Å². The second kappa shape index (κ2) is 8.62. The van der Waals surface area contributed by atoms with Crippen LogP contribution >= 0.6 is 11.6 Å². The Hall–Kier alpha value is -2.64. The summed E-state index contributed by atoms with van der Waals surface area (Å²) >= 11 is 6.15. The van der Waals surface area contributed by atoms with E-state index < -0.39 is 5.54 Å². The molecule has 1 spiro atoms. The SMILES string of the molecule is O=C(NCCN1CCC2(CC1)C(=O)NCN2c1cccc(Cl)c1)c1ccc(F)cc1. The van der Waals surface area contributed by atoms with Crippen LogP contribution in [-0.4, -0.2) is 55.1 Å². The minimum Gasteiger partial charge on any atom is -0.351 e. The summed E-state index contributed by atoms with van der Waals surface area (Å²) in [5, 5.41) is 6.50. The highest BCUT2D eigenvalue weighted by Gasteiger charge is 2.50. The lowest BCUT2D eigenvalue weighted by atomic mass is 9.85. The highest BCUT2D eigenvalue weighted by molar-refractivity contribution is 6.30. The van der Waals surface area contributed by atoms with E-state index in [-0.39, 0.29) is 17.6 Å². The van der Waals surface area contributed by atoms with Crippen LogP contribution in [-0.2, 0) is 4.79 Å². The van der Waals surface area contributed by atoms with Crippen molar-refractivity contribution in [2.45, 2.75) is 18.4 Å². The Morgan fingerprint density at radius 2 is 1.90 bits per heavy atom. The summed E-state index contributed by atoms with van der Waals surface area (Å²) in [6, 6.07) is 13.1. The van der Waals surface area contributed by atoms with Gasteiger partial charge in [0, 0.05) is 42.5 Å². The van der Waals surface area contributed by atoms with Gasteiger partial charge in [-0.2, -0.15) is 0 Å². The van der Waals surface area contributed by atoms with Crippen molar-refractivity contribution in [1.29, 1.82) is 0 Å². The minimum atomic E-state index is -0.557. The number of likely N-dealkylation sites (tertiary alicyclic amines) is 1. The molecule has 0 bridgehead atoms. The fourth-order valence-electron chi connectivity index (χ4n) is 4.25. The van der Waals surface area contributed by atoms with Crippen molar-refractivity contribution in [3.05, 3.63) is 64.9 Å². The number of carbonyl (C=O) groups excluding carboxylic acids is 2. The van der Waals surface area contributed by atoms with Crippen LogP contribution in [0.3, 0.4) is 0 Å². The molecule has 158 valence electrons. The quantitative estimate of drug-likeness (QED) is 0.765. The van der Waals surface area contributed by atoms with Crippen molar-refractivity contribution in [2.75, 3.05) is 37.7 Å². The van der Waals surface area contributed by atoms with E-state index in [0.29, 0.717) is 43.2 Å². The van der Waals surface area contributed by atoms with Gasteiger partial charge in [-0.05, 0) is 55.3 Å². The molecule has 2 N–H and O–H groups in total. The van der Waals surface area contributed by atoms with Crippen LogP contribution in [0, 0.1) is 5.82 Å². The van der Waals surface area contributed by atoms with Crippen molar-refractivity contribution in [3.63, 3.8) is 0 Å². The molecule has 2 aliphatic heterocycles. The van der Waals surface area contributed by atoms with Gasteiger partial charge in [-0.3, -0.25) is 9.59 Å². The molecule has 2 aromatic rings. The van der Waals surface area contributed by atoms with E-state index in [1.165, 1.54) is 24.3 Å². The molecule has 0 atom stereocenters. The molecular weight excluding hydrogens is 407 g/mol. The topological polar surface area (TPSA) is 64.7 Å². The summed E-state index contributed by atoms with van der Waals surface area (Å²) in [6.45, 7) is 3.19. The van der Waals surface area contributed by atoms with Crippen LogP contribution in [0.1, 0.15) is 23.2 Å². The van der Waals surface area contributed by atoms with Crippen LogP contribution in [0.4, 0.5) is 10.1 Å². The molecule has 30 heavy (non-hydrogen) atoms. The monoisotopic (exact) mass is 430 g/mol. The van der Waals surface area contributed by atoms with E-state index in [0.717, 1.165) is 18.8 Å². The summed E-state index contributed by atoms with van der Waals surface area (Å²) in [5.41, 5.74) is 0.827. The van der Waals surface area contributed by atoms with Crippen LogP contribution < -0.4 is 15.5 Å². The maximum Gasteiger partial charge on any atom is 0.251 e. The van der Waals surface area contributed by atoms with Crippen molar-refractivity contribution < 1.29 is 14.0 Å². The molecule has 4 rings (SSSR count). The fraction of sp³-hybridized carbons (Fsp3) is 0.364. The summed E-state index contributed by atoms with van der Waals surface area (Å²) in [4.78, 5) is 29.2. The van der Waals surface area contributed by atoms with Crippen molar-refractivity contribution in [3.8, 4) is 0 Å². The van der Waals surface area contributed by atoms with Gasteiger partial charge in [0.1, 0.15) is 11.4 Å². The van der Waals surface area contributed by atoms with Crippen molar-refractivity contribution in [1.82, 2.24) is 15.5 Å². The lowest BCUT2D eigenvalue weighted by Crippen LogP contribution is -2.57. The summed E-state index contributed by atoms with van der Waals surface area (Å²) in [6.07, 6.45) is 1.41. The van der Waals surface area contributed by atoms with E-state index in [1.54, 1.807) is 0 Å². The second-order valence-electron chi connectivity index (χ2n) is 7.71. The van der Waals surface area contributed by atoms with E-state index in [9.17, 15) is 14.0 Å². The van der Waals surface area contributed by atoms with E-state index >= 15 is 0 Å². The highest BCUT2D eigenvalue weighted by atomic mass is 35.5. The average Bonchev–Trinajstić information content (AvgIpc) is 3.05. The summed E-state index contributed by atoms with van der Waals surface area (Å²) < 4.78 is 13.0. The van der Waals surface area contributed by atoms with E-state index in [2.05, 4.69) is 20.4 Å². The molecule has 6 nitrogen and oxygen atoms in total. The van der Waals surface area contributed by atoms with Crippen LogP contribution in [0.15, 0.2) is 48.5 Å². The maximum atomic E-state index is 13.0. The summed E-state index contributed by atoms with van der Waals surface area (Å²) in [7, 11) is 0. The number of benzene rings is 2. The Bertz CT molecular complexity index is 929. The van der Waals surface area contributed by atoms with Crippen molar-refractivity contribution >= 4 is 29.1 Å². The first-order valence-electron chi connectivity index (χ1n) is 10.1. The molecule has 2 heterocycles.